The number of piperazine rings is 1. The van der Waals surface area contributed by atoms with Gasteiger partial charge in [-0.2, -0.15) is 0 Å². The molecule has 168 valence electrons. The fourth-order valence-electron chi connectivity index (χ4n) is 4.10. The molecule has 3 rings (SSSR count). The lowest BCUT2D eigenvalue weighted by Gasteiger charge is -2.47. The van der Waals surface area contributed by atoms with Gasteiger partial charge in [0.1, 0.15) is 18.8 Å². The molecule has 0 spiro atoms. The van der Waals surface area contributed by atoms with Gasteiger partial charge in [0.05, 0.1) is 22.3 Å². The molecule has 0 aliphatic carbocycles. The number of hydrogen-bond donors (Lipinski definition) is 1. The molecule has 31 heavy (non-hydrogen) atoms. The van der Waals surface area contributed by atoms with Crippen LogP contribution in [0.3, 0.4) is 0 Å². The highest BCUT2D eigenvalue weighted by atomic mass is 16.5. The third kappa shape index (κ3) is 5.10. The molecule has 3 heterocycles. The fourth-order valence-corrected chi connectivity index (χ4v) is 4.10. The Morgan fingerprint density at radius 2 is 2.16 bits per heavy atom. The number of hydrogen-bond acceptors (Lipinski definition) is 7. The van der Waals surface area contributed by atoms with E-state index in [4.69, 9.17) is 4.74 Å². The predicted molar refractivity (Wildman–Crippen MR) is 128 cm³/mol. The second kappa shape index (κ2) is 10.5. The molecule has 7 heteroatoms. The minimum Gasteiger partial charge on any atom is -0.488 e. The summed E-state index contributed by atoms with van der Waals surface area (Å²) in [6, 6.07) is 0.283. The number of fused-ring (bicyclic) bond motifs is 1. The Labute approximate surface area is 186 Å². The normalized spacial score (nSPS) is 22.8. The summed E-state index contributed by atoms with van der Waals surface area (Å²) in [4.78, 5) is 15.9. The number of likely N-dealkylation sites (N-methyl/N-ethyl adjacent to an activating group) is 1. The van der Waals surface area contributed by atoms with Crippen molar-refractivity contribution in [2.45, 2.75) is 26.3 Å². The van der Waals surface area contributed by atoms with Crippen molar-refractivity contribution in [2.75, 3.05) is 59.2 Å². The lowest BCUT2D eigenvalue weighted by atomic mass is 10.1. The Morgan fingerprint density at radius 1 is 1.35 bits per heavy atom. The molecule has 1 aromatic rings. The third-order valence-corrected chi connectivity index (χ3v) is 5.64. The van der Waals surface area contributed by atoms with E-state index in [1.54, 1.807) is 6.33 Å². The molecule has 2 fully saturated rings. The van der Waals surface area contributed by atoms with Gasteiger partial charge in [-0.1, -0.05) is 31.7 Å². The second-order valence-corrected chi connectivity index (χ2v) is 8.11. The largest absolute Gasteiger partial charge is 0.488 e. The summed E-state index contributed by atoms with van der Waals surface area (Å²) < 4.78 is 6.41. The molecule has 2 aliphatic heterocycles. The monoisotopic (exact) mass is 424 g/mol. The van der Waals surface area contributed by atoms with Gasteiger partial charge in [-0.3, -0.25) is 0 Å². The number of ether oxygens (including phenoxy) is 1. The van der Waals surface area contributed by atoms with Crippen LogP contribution in [0.2, 0.25) is 0 Å². The predicted octanol–water partition coefficient (Wildman–Crippen LogP) is 1.37. The average molecular weight is 425 g/mol. The summed E-state index contributed by atoms with van der Waals surface area (Å²) in [7, 11) is 6.02. The molecule has 1 unspecified atom stereocenters. The maximum absolute atomic E-state index is 6.41. The molecule has 2 aliphatic rings. The van der Waals surface area contributed by atoms with E-state index in [1.807, 2.05) is 20.0 Å². The molecule has 1 N–H and O–H groups in total. The number of anilines is 1. The zero-order valence-electron chi connectivity index (χ0n) is 19.6. The van der Waals surface area contributed by atoms with Crippen LogP contribution in [0.4, 0.5) is 5.82 Å². The van der Waals surface area contributed by atoms with Crippen LogP contribution in [-0.2, 0) is 4.74 Å². The van der Waals surface area contributed by atoms with Gasteiger partial charge in [0, 0.05) is 38.9 Å². The van der Waals surface area contributed by atoms with Gasteiger partial charge in [0.15, 0.2) is 5.76 Å². The van der Waals surface area contributed by atoms with E-state index in [0.29, 0.717) is 6.61 Å². The summed E-state index contributed by atoms with van der Waals surface area (Å²) in [5.41, 5.74) is 2.20. The lowest BCUT2D eigenvalue weighted by Crippen LogP contribution is -2.56. The molecular weight excluding hydrogens is 388 g/mol. The highest BCUT2D eigenvalue weighted by molar-refractivity contribution is 5.63. The molecule has 7 nitrogen and oxygen atoms in total. The first-order chi connectivity index (χ1) is 15.0. The van der Waals surface area contributed by atoms with Crippen LogP contribution in [0.5, 0.6) is 0 Å². The van der Waals surface area contributed by atoms with Gasteiger partial charge in [0.25, 0.3) is 0 Å². The van der Waals surface area contributed by atoms with Crippen LogP contribution in [0.25, 0.3) is 11.8 Å². The first-order valence-electron chi connectivity index (χ1n) is 11.0. The first-order valence-corrected chi connectivity index (χ1v) is 11.0. The Morgan fingerprint density at radius 3 is 2.84 bits per heavy atom. The van der Waals surface area contributed by atoms with Gasteiger partial charge < -0.3 is 24.8 Å². The maximum Gasteiger partial charge on any atom is 0.155 e. The van der Waals surface area contributed by atoms with Crippen molar-refractivity contribution in [2.24, 2.45) is 0 Å². The summed E-state index contributed by atoms with van der Waals surface area (Å²) in [5, 5.41) is 5.02. The molecule has 0 saturated carbocycles. The Kier molecular flexibility index (Phi) is 7.74. The van der Waals surface area contributed by atoms with E-state index in [-0.39, 0.29) is 6.04 Å². The Hall–Kier alpha value is -2.80. The van der Waals surface area contributed by atoms with Gasteiger partial charge in [0.2, 0.25) is 0 Å². The smallest absolute Gasteiger partial charge is 0.155 e. The zero-order chi connectivity index (χ0) is 22.4. The van der Waals surface area contributed by atoms with Crippen LogP contribution in [0.1, 0.15) is 20.3 Å². The lowest BCUT2D eigenvalue weighted by molar-refractivity contribution is 0.0519. The van der Waals surface area contributed by atoms with Crippen LogP contribution < -0.4 is 15.9 Å². The molecule has 0 radical (unpaired) electrons. The van der Waals surface area contributed by atoms with E-state index in [9.17, 15) is 0 Å². The average Bonchev–Trinajstić information content (AvgIpc) is 2.78. The summed E-state index contributed by atoms with van der Waals surface area (Å²) in [6.07, 6.45) is 11.1. The SMILES string of the molecule is C=C(/C=C/CN(C)C)N1CCN2C(=C\CC)/C(=c3/c(NC)ncn/c3=C/C)OCC2C1. The van der Waals surface area contributed by atoms with Crippen LogP contribution >= 0.6 is 0 Å². The Bertz CT molecular complexity index is 965. The number of nitrogens with zero attached hydrogens (tertiary/aromatic N) is 5. The van der Waals surface area contributed by atoms with Crippen molar-refractivity contribution in [3.05, 3.63) is 53.1 Å². The van der Waals surface area contributed by atoms with Crippen LogP contribution in [0, 0.1) is 0 Å². The van der Waals surface area contributed by atoms with Gasteiger partial charge in [-0.15, -0.1) is 0 Å². The van der Waals surface area contributed by atoms with Crippen molar-refractivity contribution in [1.29, 1.82) is 0 Å². The highest BCUT2D eigenvalue weighted by Gasteiger charge is 2.35. The Balaban J connectivity index is 1.91. The highest BCUT2D eigenvalue weighted by Crippen LogP contribution is 2.30. The summed E-state index contributed by atoms with van der Waals surface area (Å²) in [5.74, 6) is 1.66. The molecule has 2 saturated heterocycles. The van der Waals surface area contributed by atoms with Crippen molar-refractivity contribution in [1.82, 2.24) is 24.7 Å². The number of morpholine rings is 1. The summed E-state index contributed by atoms with van der Waals surface area (Å²) in [6.45, 7) is 12.8. The number of nitrogens with one attached hydrogen (secondary N) is 1. The second-order valence-electron chi connectivity index (χ2n) is 8.11. The minimum absolute atomic E-state index is 0.283. The molecule has 0 amide bonds. The molecule has 1 aromatic heterocycles. The van der Waals surface area contributed by atoms with Gasteiger partial charge >= 0.3 is 0 Å². The first kappa shape index (κ1) is 22.9. The van der Waals surface area contributed by atoms with Crippen molar-refractivity contribution >= 4 is 17.7 Å². The molecular formula is C24H36N6O. The molecule has 0 aromatic carbocycles. The topological polar surface area (TPSA) is 56.8 Å². The zero-order valence-corrected chi connectivity index (χ0v) is 19.6. The summed E-state index contributed by atoms with van der Waals surface area (Å²) >= 11 is 0. The van der Waals surface area contributed by atoms with Crippen molar-refractivity contribution < 1.29 is 4.74 Å². The number of aromatic nitrogens is 2. The van der Waals surface area contributed by atoms with Crippen LogP contribution in [-0.4, -0.2) is 84.6 Å². The molecule has 0 bridgehead atoms. The quantitative estimate of drug-likeness (QED) is 0.692. The van der Waals surface area contributed by atoms with Crippen LogP contribution in [0.15, 0.2) is 42.5 Å². The third-order valence-electron chi connectivity index (χ3n) is 5.64. The van der Waals surface area contributed by atoms with Gasteiger partial charge in [-0.05, 0) is 33.5 Å². The minimum atomic E-state index is 0.283. The van der Waals surface area contributed by atoms with E-state index in [2.05, 4.69) is 75.8 Å². The maximum atomic E-state index is 6.41. The van der Waals surface area contributed by atoms with E-state index in [1.165, 1.54) is 0 Å². The van der Waals surface area contributed by atoms with E-state index in [0.717, 1.165) is 66.1 Å². The number of allylic oxidation sites excluding steroid dienone is 2. The fraction of sp³-hybridized carbons (Fsp3) is 0.500. The van der Waals surface area contributed by atoms with Crippen molar-refractivity contribution in [3.63, 3.8) is 0 Å². The van der Waals surface area contributed by atoms with Gasteiger partial charge in [-0.25, -0.2) is 9.97 Å². The molecule has 1 atom stereocenters. The van der Waals surface area contributed by atoms with E-state index >= 15 is 0 Å². The standard InChI is InChI=1S/C24H36N6O/c1-7-10-21-23(22-20(8-2)26-17-27-24(22)25-4)31-16-19-15-29(13-14-30(19)21)18(3)11-9-12-28(5)6/h8-11,17,19H,3,7,12-16H2,1-2,4-6H3,(H,25,26,27)/b11-9+,20-8+,21-10-,23-22-. The van der Waals surface area contributed by atoms with Crippen molar-refractivity contribution in [3.8, 4) is 0 Å². The number of rotatable bonds is 6. The van der Waals surface area contributed by atoms with E-state index < -0.39 is 0 Å².